The summed E-state index contributed by atoms with van der Waals surface area (Å²) >= 11 is 0. The minimum absolute atomic E-state index is 0.414. The van der Waals surface area contributed by atoms with Crippen molar-refractivity contribution in [1.29, 1.82) is 0 Å². The lowest BCUT2D eigenvalue weighted by molar-refractivity contribution is 0.594. The Morgan fingerprint density at radius 3 is 1.21 bits per heavy atom. The molecule has 2 nitrogen and oxygen atoms in total. The minimum Gasteiger partial charge on any atom is -0.218 e. The molecular formula is C30H42O2S. The summed E-state index contributed by atoms with van der Waals surface area (Å²) in [6.07, 6.45) is 5.67. The molecule has 33 heavy (non-hydrogen) atoms. The average molecular weight is 467 g/mol. The molecule has 0 amide bonds. The summed E-state index contributed by atoms with van der Waals surface area (Å²) in [5.41, 5.74) is 4.43. The fourth-order valence-electron chi connectivity index (χ4n) is 4.72. The fraction of sp³-hybridized carbons (Fsp3) is 0.467. The van der Waals surface area contributed by atoms with E-state index in [2.05, 4.69) is 67.5 Å². The molecule has 0 radical (unpaired) electrons. The standard InChI is InChI=1S/C30H42O2S/c1-21(2)27(22(3)4)19-17-25-13-9-11-15-29(25)33(31,32)30-16-12-10-14-26(30)18-20-28(23(5)6)24(7)8/h9-16,19-24H,17-18H2,1-8H3. The Morgan fingerprint density at radius 2 is 0.909 bits per heavy atom. The molecular weight excluding hydrogens is 424 g/mol. The lowest BCUT2D eigenvalue weighted by Gasteiger charge is -2.17. The highest BCUT2D eigenvalue weighted by molar-refractivity contribution is 7.91. The molecule has 0 aliphatic heterocycles. The Labute approximate surface area is 202 Å². The van der Waals surface area contributed by atoms with Gasteiger partial charge in [-0.1, -0.05) is 115 Å². The number of rotatable bonds is 10. The van der Waals surface area contributed by atoms with Crippen LogP contribution in [0.15, 0.2) is 81.6 Å². The van der Waals surface area contributed by atoms with Crippen LogP contribution in [-0.4, -0.2) is 8.42 Å². The van der Waals surface area contributed by atoms with Crippen LogP contribution in [0.2, 0.25) is 0 Å². The Morgan fingerprint density at radius 1 is 0.606 bits per heavy atom. The van der Waals surface area contributed by atoms with E-state index in [1.807, 2.05) is 36.4 Å². The van der Waals surface area contributed by atoms with Gasteiger partial charge in [0.05, 0.1) is 9.79 Å². The Hall–Kier alpha value is -2.13. The Balaban J connectivity index is 2.51. The van der Waals surface area contributed by atoms with Crippen LogP contribution in [0.5, 0.6) is 0 Å². The van der Waals surface area contributed by atoms with Crippen LogP contribution in [0.25, 0.3) is 0 Å². The van der Waals surface area contributed by atoms with Crippen molar-refractivity contribution in [2.45, 2.75) is 78.0 Å². The predicted molar refractivity (Wildman–Crippen MR) is 141 cm³/mol. The van der Waals surface area contributed by atoms with E-state index in [0.29, 0.717) is 46.3 Å². The first kappa shape index (κ1) is 27.1. The molecule has 0 bridgehead atoms. The van der Waals surface area contributed by atoms with Crippen LogP contribution < -0.4 is 0 Å². The first-order valence-corrected chi connectivity index (χ1v) is 13.8. The maximum absolute atomic E-state index is 13.9. The van der Waals surface area contributed by atoms with Gasteiger partial charge in [0.2, 0.25) is 9.84 Å². The number of hydrogen-bond donors (Lipinski definition) is 0. The summed E-state index contributed by atoms with van der Waals surface area (Å²) in [6, 6.07) is 14.9. The van der Waals surface area contributed by atoms with Gasteiger partial charge in [-0.15, -0.1) is 0 Å². The maximum Gasteiger partial charge on any atom is 0.207 e. The van der Waals surface area contributed by atoms with E-state index in [0.717, 1.165) is 11.1 Å². The van der Waals surface area contributed by atoms with Crippen molar-refractivity contribution in [3.63, 3.8) is 0 Å². The van der Waals surface area contributed by atoms with Crippen molar-refractivity contribution in [3.8, 4) is 0 Å². The molecule has 180 valence electrons. The van der Waals surface area contributed by atoms with Crippen molar-refractivity contribution in [1.82, 2.24) is 0 Å². The highest BCUT2D eigenvalue weighted by Gasteiger charge is 2.23. The molecule has 0 saturated carbocycles. The predicted octanol–water partition coefficient (Wildman–Crippen LogP) is 8.08. The third-order valence-electron chi connectivity index (χ3n) is 6.31. The summed E-state index contributed by atoms with van der Waals surface area (Å²) in [4.78, 5) is 0.829. The summed E-state index contributed by atoms with van der Waals surface area (Å²) in [6.45, 7) is 17.6. The third kappa shape index (κ3) is 6.93. The summed E-state index contributed by atoms with van der Waals surface area (Å²) < 4.78 is 27.7. The SMILES string of the molecule is CC(C)C(=CCc1ccccc1S(=O)(=O)c1ccccc1CC=C(C(C)C)C(C)C)C(C)C. The quantitative estimate of drug-likeness (QED) is 0.332. The van der Waals surface area contributed by atoms with Gasteiger partial charge < -0.3 is 0 Å². The lowest BCUT2D eigenvalue weighted by atomic mass is 9.91. The molecule has 2 rings (SSSR count). The van der Waals surface area contributed by atoms with E-state index in [1.54, 1.807) is 12.1 Å². The molecule has 0 fully saturated rings. The molecule has 2 aromatic carbocycles. The fourth-order valence-corrected chi connectivity index (χ4v) is 6.46. The van der Waals surface area contributed by atoms with Crippen molar-refractivity contribution in [2.24, 2.45) is 23.7 Å². The second-order valence-electron chi connectivity index (χ2n) is 10.2. The van der Waals surface area contributed by atoms with Gasteiger partial charge in [0.25, 0.3) is 0 Å². The first-order valence-electron chi connectivity index (χ1n) is 12.3. The summed E-state index contributed by atoms with van der Waals surface area (Å²) in [7, 11) is -3.64. The van der Waals surface area contributed by atoms with Crippen LogP contribution in [0.4, 0.5) is 0 Å². The van der Waals surface area contributed by atoms with Crippen molar-refractivity contribution in [3.05, 3.63) is 83.0 Å². The van der Waals surface area contributed by atoms with Gasteiger partial charge >= 0.3 is 0 Å². The molecule has 0 heterocycles. The van der Waals surface area contributed by atoms with Gasteiger partial charge in [0, 0.05) is 0 Å². The van der Waals surface area contributed by atoms with Gasteiger partial charge in [-0.2, -0.15) is 0 Å². The van der Waals surface area contributed by atoms with E-state index in [4.69, 9.17) is 0 Å². The van der Waals surface area contributed by atoms with Crippen LogP contribution in [0.1, 0.15) is 66.5 Å². The van der Waals surface area contributed by atoms with Crippen molar-refractivity contribution >= 4 is 9.84 Å². The summed E-state index contributed by atoms with van der Waals surface area (Å²) in [5.74, 6) is 1.77. The molecule has 0 unspecified atom stereocenters. The van der Waals surface area contributed by atoms with Crippen molar-refractivity contribution in [2.75, 3.05) is 0 Å². The third-order valence-corrected chi connectivity index (χ3v) is 8.26. The smallest absolute Gasteiger partial charge is 0.207 e. The zero-order chi connectivity index (χ0) is 24.8. The molecule has 0 aromatic heterocycles. The van der Waals surface area contributed by atoms with E-state index in [9.17, 15) is 8.42 Å². The zero-order valence-electron chi connectivity index (χ0n) is 21.7. The highest BCUT2D eigenvalue weighted by Crippen LogP contribution is 2.30. The number of hydrogen-bond acceptors (Lipinski definition) is 2. The highest BCUT2D eigenvalue weighted by atomic mass is 32.2. The first-order chi connectivity index (χ1) is 15.5. The Bertz CT molecular complexity index is 982. The normalized spacial score (nSPS) is 12.0. The molecule has 0 saturated heterocycles. The van der Waals surface area contributed by atoms with E-state index >= 15 is 0 Å². The van der Waals surface area contributed by atoms with Gasteiger partial charge in [0.15, 0.2) is 0 Å². The topological polar surface area (TPSA) is 34.1 Å². The number of benzene rings is 2. The molecule has 0 aliphatic rings. The molecule has 2 aromatic rings. The van der Waals surface area contributed by atoms with Crippen LogP contribution in [0, 0.1) is 23.7 Å². The van der Waals surface area contributed by atoms with Gasteiger partial charge in [-0.3, -0.25) is 0 Å². The molecule has 0 aliphatic carbocycles. The maximum atomic E-state index is 13.9. The van der Waals surface area contributed by atoms with E-state index < -0.39 is 9.84 Å². The summed E-state index contributed by atoms with van der Waals surface area (Å²) in [5, 5.41) is 0. The number of sulfone groups is 1. The van der Waals surface area contributed by atoms with Crippen LogP contribution in [0.3, 0.4) is 0 Å². The van der Waals surface area contributed by atoms with E-state index in [1.165, 1.54) is 11.1 Å². The lowest BCUT2D eigenvalue weighted by Crippen LogP contribution is -2.09. The number of allylic oxidation sites excluding steroid dienone is 4. The monoisotopic (exact) mass is 466 g/mol. The second-order valence-corrected chi connectivity index (χ2v) is 12.0. The Kier molecular flexibility index (Phi) is 9.72. The second kappa shape index (κ2) is 11.8. The molecule has 3 heteroatoms. The largest absolute Gasteiger partial charge is 0.218 e. The molecule has 0 N–H and O–H groups in total. The minimum atomic E-state index is -3.64. The van der Waals surface area contributed by atoms with E-state index in [-0.39, 0.29) is 0 Å². The van der Waals surface area contributed by atoms with Gasteiger partial charge in [-0.05, 0) is 59.8 Å². The zero-order valence-corrected chi connectivity index (χ0v) is 22.5. The van der Waals surface area contributed by atoms with Crippen LogP contribution >= 0.6 is 0 Å². The van der Waals surface area contributed by atoms with Crippen molar-refractivity contribution < 1.29 is 8.42 Å². The van der Waals surface area contributed by atoms with Gasteiger partial charge in [-0.25, -0.2) is 8.42 Å². The molecule has 0 spiro atoms. The van der Waals surface area contributed by atoms with Crippen LogP contribution in [-0.2, 0) is 22.7 Å². The van der Waals surface area contributed by atoms with Gasteiger partial charge in [0.1, 0.15) is 0 Å². The molecule has 0 atom stereocenters. The average Bonchev–Trinajstić information content (AvgIpc) is 2.73.